The van der Waals surface area contributed by atoms with E-state index in [1.807, 2.05) is 27.2 Å². The number of phosphoric ester groups is 1. The van der Waals surface area contributed by atoms with Gasteiger partial charge in [-0.3, -0.25) is 19.5 Å². The normalized spacial score (nSPS) is 14.5. The van der Waals surface area contributed by atoms with Crippen LogP contribution in [-0.4, -0.2) is 90.3 Å². The van der Waals surface area contributed by atoms with Crippen molar-refractivity contribution in [1.82, 2.24) is 15.6 Å². The lowest BCUT2D eigenvalue weighted by atomic mass is 10.0. The zero-order valence-electron chi connectivity index (χ0n) is 31.1. The molecule has 1 heterocycles. The maximum atomic E-state index is 12.8. The highest BCUT2D eigenvalue weighted by molar-refractivity contribution is 7.45. The molecule has 290 valence electrons. The number of nitro groups is 1. The second kappa shape index (κ2) is 24.3. The number of fused-ring (bicyclic) bond motifs is 1. The van der Waals surface area contributed by atoms with E-state index < -0.39 is 31.5 Å². The highest BCUT2D eigenvalue weighted by atomic mass is 31.2. The topological polar surface area (TPSA) is 202 Å². The third kappa shape index (κ3) is 19.5. The smallest absolute Gasteiger partial charge is 0.300 e. The molecule has 0 spiro atoms. The molecule has 0 aliphatic heterocycles. The fourth-order valence-electron chi connectivity index (χ4n) is 5.39. The number of aliphatic hydroxyl groups is 1. The lowest BCUT2D eigenvalue weighted by Gasteiger charge is -2.29. The van der Waals surface area contributed by atoms with Crippen molar-refractivity contribution >= 4 is 36.1 Å². The standard InChI is InChI=1S/C35H61N6O9P/c1-5-6-7-8-9-10-11-12-13-14-15-16-18-21-32(42)30(28-49-51(46,47)48-27-26-41(2,3)4)37-33(43)22-19-17-20-25-36-29-23-24-31(40(44)45)35-34(29)38-50-39-35/h18,21,23-24,30,32,42H,5-17,19-20,22,25-28H2,1-4H3,(H2-,36,37,39,43,46,47). The molecular formula is C35H61N6O9P. The number of amides is 1. The second-order valence-electron chi connectivity index (χ2n) is 14.1. The van der Waals surface area contributed by atoms with E-state index >= 15 is 0 Å². The fraction of sp³-hybridized carbons (Fsp3) is 0.743. The number of hydrogen-bond donors (Lipinski definition) is 3. The van der Waals surface area contributed by atoms with Crippen LogP contribution in [0.4, 0.5) is 11.4 Å². The van der Waals surface area contributed by atoms with E-state index in [0.29, 0.717) is 42.5 Å². The molecular weight excluding hydrogens is 679 g/mol. The first-order chi connectivity index (χ1) is 24.3. The summed E-state index contributed by atoms with van der Waals surface area (Å²) in [5, 5.41) is 35.4. The lowest BCUT2D eigenvalue weighted by Crippen LogP contribution is -2.45. The Morgan fingerprint density at radius 3 is 2.25 bits per heavy atom. The molecule has 16 heteroatoms. The number of likely N-dealkylation sites (N-methyl/N-ethyl adjacent to an activating group) is 1. The number of nitro benzene ring substituents is 1. The van der Waals surface area contributed by atoms with Crippen molar-refractivity contribution in [2.45, 2.75) is 122 Å². The summed E-state index contributed by atoms with van der Waals surface area (Å²) in [6.07, 6.45) is 18.8. The van der Waals surface area contributed by atoms with Crippen LogP contribution in [-0.2, 0) is 18.4 Å². The van der Waals surface area contributed by atoms with Gasteiger partial charge in [0.05, 0.1) is 50.5 Å². The Morgan fingerprint density at radius 2 is 1.61 bits per heavy atom. The van der Waals surface area contributed by atoms with Crippen molar-refractivity contribution in [2.75, 3.05) is 52.8 Å². The Labute approximate surface area is 302 Å². The monoisotopic (exact) mass is 740 g/mol. The number of hydrogen-bond acceptors (Lipinski definition) is 12. The van der Waals surface area contributed by atoms with Gasteiger partial charge in [-0.25, -0.2) is 4.63 Å². The van der Waals surface area contributed by atoms with Crippen LogP contribution in [0.1, 0.15) is 110 Å². The Kier molecular flexibility index (Phi) is 21.1. The van der Waals surface area contributed by atoms with Gasteiger partial charge in [0.15, 0.2) is 5.52 Å². The van der Waals surface area contributed by atoms with Crippen LogP contribution in [0, 0.1) is 10.1 Å². The van der Waals surface area contributed by atoms with Crippen LogP contribution in [0.3, 0.4) is 0 Å². The van der Waals surface area contributed by atoms with Crippen LogP contribution in [0.25, 0.3) is 11.0 Å². The molecule has 0 saturated carbocycles. The molecule has 0 radical (unpaired) electrons. The number of carbonyl (C=O) groups is 1. The van der Waals surface area contributed by atoms with Gasteiger partial charge in [-0.05, 0) is 42.1 Å². The summed E-state index contributed by atoms with van der Waals surface area (Å²) in [6, 6.07) is 1.90. The Morgan fingerprint density at radius 1 is 0.980 bits per heavy atom. The molecule has 51 heavy (non-hydrogen) atoms. The number of nitrogens with one attached hydrogen (secondary N) is 2. The number of unbranched alkanes of at least 4 members (excludes halogenated alkanes) is 13. The number of allylic oxidation sites excluding steroid dienone is 1. The van der Waals surface area contributed by atoms with Gasteiger partial charge in [0.2, 0.25) is 11.4 Å². The molecule has 3 atom stereocenters. The molecule has 1 aromatic carbocycles. The third-order valence-electron chi connectivity index (χ3n) is 8.48. The molecule has 0 fully saturated rings. The average molecular weight is 741 g/mol. The van der Waals surface area contributed by atoms with Crippen LogP contribution in [0.5, 0.6) is 0 Å². The molecule has 2 aromatic rings. The zero-order chi connectivity index (χ0) is 37.5. The lowest BCUT2D eigenvalue weighted by molar-refractivity contribution is -0.870. The molecule has 15 nitrogen and oxygen atoms in total. The van der Waals surface area contributed by atoms with Gasteiger partial charge in [-0.15, -0.1) is 0 Å². The van der Waals surface area contributed by atoms with Crippen molar-refractivity contribution in [2.24, 2.45) is 0 Å². The van der Waals surface area contributed by atoms with Crippen LogP contribution in [0.15, 0.2) is 28.9 Å². The Bertz CT molecular complexity index is 1370. The number of quaternary nitrogens is 1. The highest BCUT2D eigenvalue weighted by Crippen LogP contribution is 2.38. The quantitative estimate of drug-likeness (QED) is 0.0199. The largest absolute Gasteiger partial charge is 0.756 e. The number of nitrogens with zero attached hydrogens (tertiary/aromatic N) is 4. The minimum Gasteiger partial charge on any atom is -0.756 e. The molecule has 3 N–H and O–H groups in total. The minimum atomic E-state index is -4.66. The van der Waals surface area contributed by atoms with E-state index in [4.69, 9.17) is 9.05 Å². The number of non-ortho nitro benzene ring substituents is 1. The summed E-state index contributed by atoms with van der Waals surface area (Å²) >= 11 is 0. The number of anilines is 1. The van der Waals surface area contributed by atoms with E-state index in [0.717, 1.165) is 19.3 Å². The molecule has 0 aliphatic carbocycles. The SMILES string of the molecule is CCCCCCCCCCCCCC=CC(O)C(COP(=O)([O-])OCC[N+](C)(C)C)NC(=O)CCCCCNc1ccc([N+](=O)[O-])c2nonc12. The number of carbonyl (C=O) groups excluding carboxylic acids is 1. The van der Waals surface area contributed by atoms with E-state index in [9.17, 15) is 29.5 Å². The summed E-state index contributed by atoms with van der Waals surface area (Å²) < 4.78 is 27.7. The molecule has 0 aliphatic rings. The highest BCUT2D eigenvalue weighted by Gasteiger charge is 2.23. The Hall–Kier alpha value is -2.94. The van der Waals surface area contributed by atoms with Crippen LogP contribution in [0.2, 0.25) is 0 Å². The summed E-state index contributed by atoms with van der Waals surface area (Å²) in [7, 11) is 1.08. The van der Waals surface area contributed by atoms with Crippen molar-refractivity contribution in [1.29, 1.82) is 0 Å². The fourth-order valence-corrected chi connectivity index (χ4v) is 6.11. The first-order valence-electron chi connectivity index (χ1n) is 18.5. The number of rotatable bonds is 30. The van der Waals surface area contributed by atoms with Crippen molar-refractivity contribution in [3.63, 3.8) is 0 Å². The first kappa shape index (κ1) is 44.2. The number of aliphatic hydroxyl groups excluding tert-OH is 1. The van der Waals surface area contributed by atoms with Gasteiger partial charge in [0.1, 0.15) is 13.2 Å². The van der Waals surface area contributed by atoms with Gasteiger partial charge >= 0.3 is 5.69 Å². The molecule has 0 saturated heterocycles. The molecule has 2 rings (SSSR count). The predicted octanol–water partition coefficient (Wildman–Crippen LogP) is 6.41. The predicted molar refractivity (Wildman–Crippen MR) is 196 cm³/mol. The van der Waals surface area contributed by atoms with Crippen LogP contribution < -0.4 is 15.5 Å². The van der Waals surface area contributed by atoms with Gasteiger partial charge in [-0.1, -0.05) is 89.7 Å². The molecule has 1 amide bonds. The Balaban J connectivity index is 1.78. The zero-order valence-corrected chi connectivity index (χ0v) is 31.9. The van der Waals surface area contributed by atoms with Crippen molar-refractivity contribution in [3.05, 3.63) is 34.4 Å². The third-order valence-corrected chi connectivity index (χ3v) is 9.44. The molecule has 0 bridgehead atoms. The number of phosphoric acid groups is 1. The first-order valence-corrected chi connectivity index (χ1v) is 20.0. The molecule has 3 unspecified atom stereocenters. The average Bonchev–Trinajstić information content (AvgIpc) is 3.56. The van der Waals surface area contributed by atoms with Crippen molar-refractivity contribution < 1.29 is 42.4 Å². The number of benzene rings is 1. The second-order valence-corrected chi connectivity index (χ2v) is 15.5. The summed E-state index contributed by atoms with van der Waals surface area (Å²) in [5.74, 6) is -0.341. The van der Waals surface area contributed by atoms with Gasteiger partial charge in [-0.2, -0.15) is 0 Å². The molecule has 1 aromatic heterocycles. The van der Waals surface area contributed by atoms with Gasteiger partial charge < -0.3 is 34.2 Å². The van der Waals surface area contributed by atoms with Crippen LogP contribution >= 0.6 is 7.82 Å². The summed E-state index contributed by atoms with van der Waals surface area (Å²) in [4.78, 5) is 35.9. The maximum Gasteiger partial charge on any atom is 0.300 e. The minimum absolute atomic E-state index is 0.0534. The van der Waals surface area contributed by atoms with E-state index in [1.165, 1.54) is 63.9 Å². The van der Waals surface area contributed by atoms with E-state index in [1.54, 1.807) is 12.1 Å². The van der Waals surface area contributed by atoms with Gasteiger partial charge in [0.25, 0.3) is 7.82 Å². The van der Waals surface area contributed by atoms with E-state index in [-0.39, 0.29) is 35.7 Å². The van der Waals surface area contributed by atoms with Gasteiger partial charge in [0, 0.05) is 19.0 Å². The summed E-state index contributed by atoms with van der Waals surface area (Å²) in [5.41, 5.74) is 0.696. The van der Waals surface area contributed by atoms with Crippen molar-refractivity contribution in [3.8, 4) is 0 Å². The maximum absolute atomic E-state index is 12.8. The van der Waals surface area contributed by atoms with E-state index in [2.05, 4.69) is 32.5 Å². The number of aromatic nitrogens is 2. The summed E-state index contributed by atoms with van der Waals surface area (Å²) in [6.45, 7) is 2.68.